The Labute approximate surface area is 125 Å². The molecule has 0 amide bonds. The lowest BCUT2D eigenvalue weighted by atomic mass is 10.1. The maximum absolute atomic E-state index is 10.8. The van der Waals surface area contributed by atoms with Crippen LogP contribution in [0.3, 0.4) is 0 Å². The quantitative estimate of drug-likeness (QED) is 0.677. The predicted molar refractivity (Wildman–Crippen MR) is 81.8 cm³/mol. The van der Waals surface area contributed by atoms with Gasteiger partial charge in [0.1, 0.15) is 0 Å². The zero-order valence-electron chi connectivity index (χ0n) is 11.4. The van der Waals surface area contributed by atoms with E-state index in [0.29, 0.717) is 11.6 Å². The molecule has 1 N–H and O–H groups in total. The molecule has 1 aromatic heterocycles. The van der Waals surface area contributed by atoms with Crippen molar-refractivity contribution in [3.05, 3.63) is 48.4 Å². The minimum Gasteiger partial charge on any atom is -0.379 e. The Balaban J connectivity index is 2.22. The number of nitrogens with one attached hydrogen (secondary N) is 1. The highest BCUT2D eigenvalue weighted by molar-refractivity contribution is 7.11. The molecule has 106 valence electrons. The van der Waals surface area contributed by atoms with Crippen LogP contribution in [0, 0.1) is 30.9 Å². The van der Waals surface area contributed by atoms with Crippen LogP contribution in [0.25, 0.3) is 0 Å². The maximum Gasteiger partial charge on any atom is 0.271 e. The molecule has 0 saturated carbocycles. The summed E-state index contributed by atoms with van der Waals surface area (Å²) in [5.74, 6) is 0. The molecule has 0 atom stereocenters. The zero-order chi connectivity index (χ0) is 14.9. The largest absolute Gasteiger partial charge is 0.379 e. The smallest absolute Gasteiger partial charge is 0.271 e. The van der Waals surface area contributed by atoms with Crippen molar-refractivity contribution in [2.45, 2.75) is 27.3 Å². The first-order valence-corrected chi connectivity index (χ1v) is 7.19. The summed E-state index contributed by atoms with van der Waals surface area (Å²) in [6.07, 6.45) is 0. The second-order valence-corrected chi connectivity index (χ2v) is 6.17. The normalized spacial score (nSPS) is 10.6. The third-order valence-electron chi connectivity index (χ3n) is 2.91. The molecule has 7 heteroatoms. The van der Waals surface area contributed by atoms with Crippen molar-refractivity contribution in [3.8, 4) is 0 Å². The van der Waals surface area contributed by atoms with Gasteiger partial charge in [-0.3, -0.25) is 10.1 Å². The van der Waals surface area contributed by atoms with Crippen molar-refractivity contribution in [1.29, 1.82) is 0 Å². The van der Waals surface area contributed by atoms with Crippen LogP contribution in [0.1, 0.15) is 21.1 Å². The van der Waals surface area contributed by atoms with Gasteiger partial charge in [0.25, 0.3) is 5.69 Å². The van der Waals surface area contributed by atoms with Crippen LogP contribution >= 0.6 is 22.9 Å². The second kappa shape index (κ2) is 5.76. The van der Waals surface area contributed by atoms with E-state index in [1.54, 1.807) is 18.3 Å². The van der Waals surface area contributed by atoms with Gasteiger partial charge in [-0.1, -0.05) is 11.6 Å². The molecule has 1 heterocycles. The molecule has 0 bridgehead atoms. The average molecular weight is 312 g/mol. The number of nitro groups is 1. The Morgan fingerprint density at radius 1 is 1.40 bits per heavy atom. The topological polar surface area (TPSA) is 68.1 Å². The molecular weight excluding hydrogens is 298 g/mol. The van der Waals surface area contributed by atoms with Crippen molar-refractivity contribution in [3.63, 3.8) is 0 Å². The number of aromatic nitrogens is 1. The van der Waals surface area contributed by atoms with Crippen LogP contribution in [0.5, 0.6) is 0 Å². The van der Waals surface area contributed by atoms with E-state index in [4.69, 9.17) is 11.6 Å². The van der Waals surface area contributed by atoms with E-state index in [9.17, 15) is 10.1 Å². The highest BCUT2D eigenvalue weighted by atomic mass is 35.5. The molecule has 2 aromatic rings. The van der Waals surface area contributed by atoms with Gasteiger partial charge in [-0.25, -0.2) is 4.98 Å². The van der Waals surface area contributed by atoms with Gasteiger partial charge in [-0.2, -0.15) is 0 Å². The molecule has 0 aliphatic carbocycles. The summed E-state index contributed by atoms with van der Waals surface area (Å²) in [6, 6.07) is 2.88. The summed E-state index contributed by atoms with van der Waals surface area (Å²) in [5.41, 5.74) is 2.48. The van der Waals surface area contributed by atoms with Crippen molar-refractivity contribution in [2.75, 3.05) is 5.32 Å². The highest BCUT2D eigenvalue weighted by Crippen LogP contribution is 2.31. The number of hydrogen-bond donors (Lipinski definition) is 1. The van der Waals surface area contributed by atoms with Gasteiger partial charge in [0.2, 0.25) is 0 Å². The predicted octanol–water partition coefficient (Wildman–Crippen LogP) is 4.24. The Bertz CT molecular complexity index is 647. The Morgan fingerprint density at radius 3 is 2.60 bits per heavy atom. The molecule has 0 unspecified atom stereocenters. The van der Waals surface area contributed by atoms with Crippen LogP contribution in [-0.2, 0) is 6.54 Å². The zero-order valence-corrected chi connectivity index (χ0v) is 12.9. The molecule has 0 spiro atoms. The van der Waals surface area contributed by atoms with E-state index >= 15 is 0 Å². The fraction of sp³-hybridized carbons (Fsp3) is 0.308. The van der Waals surface area contributed by atoms with Gasteiger partial charge in [0, 0.05) is 17.0 Å². The minimum atomic E-state index is -0.445. The summed E-state index contributed by atoms with van der Waals surface area (Å²) in [6.45, 7) is 6.33. The molecule has 0 fully saturated rings. The third-order valence-corrected chi connectivity index (χ3v) is 4.28. The first kappa shape index (κ1) is 14.7. The molecule has 2 rings (SSSR count). The summed E-state index contributed by atoms with van der Waals surface area (Å²) in [4.78, 5) is 15.8. The number of benzene rings is 1. The maximum atomic E-state index is 10.8. The van der Waals surface area contributed by atoms with Crippen molar-refractivity contribution >= 4 is 34.3 Å². The molecule has 0 aliphatic rings. The van der Waals surface area contributed by atoms with Crippen molar-refractivity contribution < 1.29 is 4.92 Å². The van der Waals surface area contributed by atoms with Crippen LogP contribution in [-0.4, -0.2) is 9.91 Å². The standard InChI is InChI=1S/C13H14ClN3O2S/c1-7-4-10(17(18)19)5-11(14)13(7)15-6-12-8(2)16-9(3)20-12/h4-5,15H,6H2,1-3H3. The number of nitrogens with zero attached hydrogens (tertiary/aromatic N) is 2. The third kappa shape index (κ3) is 3.08. The number of rotatable bonds is 4. The van der Waals surface area contributed by atoms with Gasteiger partial charge in [-0.15, -0.1) is 11.3 Å². The SMILES string of the molecule is Cc1nc(C)c(CNc2c(C)cc([N+](=O)[O-])cc2Cl)s1. The van der Waals surface area contributed by atoms with Crippen molar-refractivity contribution in [2.24, 2.45) is 0 Å². The number of aryl methyl sites for hydroxylation is 3. The van der Waals surface area contributed by atoms with E-state index in [1.165, 1.54) is 12.1 Å². The van der Waals surface area contributed by atoms with E-state index in [1.807, 2.05) is 13.8 Å². The lowest BCUT2D eigenvalue weighted by Gasteiger charge is -2.11. The number of anilines is 1. The molecule has 5 nitrogen and oxygen atoms in total. The first-order valence-electron chi connectivity index (χ1n) is 6.00. The Morgan fingerprint density at radius 2 is 2.10 bits per heavy atom. The van der Waals surface area contributed by atoms with Crippen LogP contribution < -0.4 is 5.32 Å². The van der Waals surface area contributed by atoms with E-state index in [0.717, 1.165) is 26.8 Å². The van der Waals surface area contributed by atoms with E-state index in [2.05, 4.69) is 10.3 Å². The summed E-state index contributed by atoms with van der Waals surface area (Å²) < 4.78 is 0. The lowest BCUT2D eigenvalue weighted by molar-refractivity contribution is -0.384. The second-order valence-electron chi connectivity index (χ2n) is 4.47. The minimum absolute atomic E-state index is 0.00265. The molecule has 0 saturated heterocycles. The first-order chi connectivity index (χ1) is 9.38. The number of halogens is 1. The van der Waals surface area contributed by atoms with E-state index in [-0.39, 0.29) is 5.69 Å². The van der Waals surface area contributed by atoms with E-state index < -0.39 is 4.92 Å². The van der Waals surface area contributed by atoms with Gasteiger partial charge >= 0.3 is 0 Å². The lowest BCUT2D eigenvalue weighted by Crippen LogP contribution is -2.02. The summed E-state index contributed by atoms with van der Waals surface area (Å²) in [7, 11) is 0. The number of nitro benzene ring substituents is 1. The van der Waals surface area contributed by atoms with Crippen LogP contribution in [0.2, 0.25) is 5.02 Å². The summed E-state index contributed by atoms with van der Waals surface area (Å²) >= 11 is 7.74. The van der Waals surface area contributed by atoms with Gasteiger partial charge in [-0.05, 0) is 26.3 Å². The van der Waals surface area contributed by atoms with Crippen LogP contribution in [0.4, 0.5) is 11.4 Å². The Hall–Kier alpha value is -1.66. The molecular formula is C13H14ClN3O2S. The summed E-state index contributed by atoms with van der Waals surface area (Å²) in [5, 5.41) is 15.4. The van der Waals surface area contributed by atoms with Gasteiger partial charge in [0.15, 0.2) is 0 Å². The molecule has 0 aliphatic heterocycles. The fourth-order valence-corrected chi connectivity index (χ4v) is 3.17. The average Bonchev–Trinajstić information content (AvgIpc) is 2.66. The Kier molecular flexibility index (Phi) is 4.25. The number of thiazole rings is 1. The monoisotopic (exact) mass is 311 g/mol. The van der Waals surface area contributed by atoms with Gasteiger partial charge < -0.3 is 5.32 Å². The number of non-ortho nitro benzene ring substituents is 1. The highest BCUT2D eigenvalue weighted by Gasteiger charge is 2.14. The molecule has 1 aromatic carbocycles. The van der Waals surface area contributed by atoms with Crippen molar-refractivity contribution in [1.82, 2.24) is 4.98 Å². The number of hydrogen-bond acceptors (Lipinski definition) is 5. The van der Waals surface area contributed by atoms with Crippen LogP contribution in [0.15, 0.2) is 12.1 Å². The van der Waals surface area contributed by atoms with Gasteiger partial charge in [0.05, 0.1) is 32.9 Å². The molecule has 0 radical (unpaired) electrons. The fourth-order valence-electron chi connectivity index (χ4n) is 1.96. The molecule has 20 heavy (non-hydrogen) atoms.